The molecule has 4 atom stereocenters. The molecule has 1 saturated carbocycles. The van der Waals surface area contributed by atoms with E-state index in [0.29, 0.717) is 24.0 Å². The molecule has 0 spiro atoms. The third-order valence-electron chi connectivity index (χ3n) is 6.18. The summed E-state index contributed by atoms with van der Waals surface area (Å²) in [6.45, 7) is 0. The van der Waals surface area contributed by atoms with E-state index in [1.165, 1.54) is 11.0 Å². The second-order valence-electron chi connectivity index (χ2n) is 8.26. The lowest BCUT2D eigenvalue weighted by molar-refractivity contribution is -0.123. The van der Waals surface area contributed by atoms with Gasteiger partial charge in [-0.25, -0.2) is 4.79 Å². The zero-order chi connectivity index (χ0) is 20.8. The van der Waals surface area contributed by atoms with Crippen LogP contribution in [0.4, 0.5) is 0 Å². The Morgan fingerprint density at radius 2 is 2.03 bits per heavy atom. The molecular formula is C23H22N4O3. The third kappa shape index (κ3) is 3.40. The van der Waals surface area contributed by atoms with E-state index in [2.05, 4.69) is 16.7 Å². The lowest BCUT2D eigenvalue weighted by Gasteiger charge is -2.17. The number of hydrogen-bond acceptors (Lipinski definition) is 5. The summed E-state index contributed by atoms with van der Waals surface area (Å²) in [4.78, 5) is 24.1. The Labute approximate surface area is 173 Å². The molecule has 30 heavy (non-hydrogen) atoms. The normalized spacial score (nSPS) is 23.0. The van der Waals surface area contributed by atoms with Crippen molar-refractivity contribution in [3.63, 3.8) is 0 Å². The number of nitrogens with one attached hydrogen (secondary N) is 2. The van der Waals surface area contributed by atoms with Gasteiger partial charge in [-0.2, -0.15) is 5.26 Å². The maximum Gasteiger partial charge on any atom is 0.419 e. The number of aryl methyl sites for hydroxylation is 1. The van der Waals surface area contributed by atoms with Gasteiger partial charge in [0.15, 0.2) is 5.58 Å². The summed E-state index contributed by atoms with van der Waals surface area (Å²) in [5, 5.41) is 15.7. The zero-order valence-electron chi connectivity index (χ0n) is 16.6. The highest BCUT2D eigenvalue weighted by molar-refractivity contribution is 5.83. The van der Waals surface area contributed by atoms with E-state index in [9.17, 15) is 14.9 Å². The Bertz CT molecular complexity index is 1210. The maximum atomic E-state index is 12.4. The van der Waals surface area contributed by atoms with Gasteiger partial charge in [-0.05, 0) is 47.6 Å². The van der Waals surface area contributed by atoms with Crippen LogP contribution in [0.2, 0.25) is 0 Å². The van der Waals surface area contributed by atoms with Crippen molar-refractivity contribution >= 4 is 17.0 Å². The Kier molecular flexibility index (Phi) is 4.44. The minimum Gasteiger partial charge on any atom is -0.408 e. The molecule has 7 nitrogen and oxygen atoms in total. The molecule has 2 N–H and O–H groups in total. The van der Waals surface area contributed by atoms with E-state index in [0.717, 1.165) is 28.6 Å². The van der Waals surface area contributed by atoms with Crippen molar-refractivity contribution in [3.8, 4) is 17.2 Å². The van der Waals surface area contributed by atoms with Crippen molar-refractivity contribution in [2.24, 2.45) is 13.0 Å². The number of oxazole rings is 1. The lowest BCUT2D eigenvalue weighted by atomic mass is 10.0. The number of carbonyl (C=O) groups is 1. The first-order chi connectivity index (χ1) is 14.5. The minimum absolute atomic E-state index is 0.0793. The van der Waals surface area contributed by atoms with E-state index in [1.54, 1.807) is 13.1 Å². The molecule has 4 unspecified atom stereocenters. The summed E-state index contributed by atoms with van der Waals surface area (Å²) < 4.78 is 6.66. The van der Waals surface area contributed by atoms with Crippen LogP contribution < -0.4 is 16.4 Å². The van der Waals surface area contributed by atoms with Gasteiger partial charge in [0.25, 0.3) is 0 Å². The van der Waals surface area contributed by atoms with Crippen LogP contribution in [0.5, 0.6) is 0 Å². The molecule has 2 aromatic carbocycles. The molecular weight excluding hydrogens is 380 g/mol. The number of nitrogens with zero attached hydrogens (tertiary/aromatic N) is 2. The second-order valence-corrected chi connectivity index (χ2v) is 8.26. The van der Waals surface area contributed by atoms with Crippen molar-refractivity contribution in [2.75, 3.05) is 0 Å². The highest BCUT2D eigenvalue weighted by Crippen LogP contribution is 2.40. The van der Waals surface area contributed by atoms with Crippen LogP contribution in [0, 0.1) is 17.2 Å². The van der Waals surface area contributed by atoms with E-state index in [4.69, 9.17) is 4.42 Å². The number of fused-ring (bicyclic) bond motifs is 2. The molecule has 1 aromatic heterocycles. The molecule has 152 valence electrons. The summed E-state index contributed by atoms with van der Waals surface area (Å²) in [5.74, 6) is 0.175. The smallest absolute Gasteiger partial charge is 0.408 e. The number of piperidine rings is 1. The van der Waals surface area contributed by atoms with Crippen LogP contribution in [0.25, 0.3) is 22.2 Å². The zero-order valence-corrected chi connectivity index (χ0v) is 16.6. The summed E-state index contributed by atoms with van der Waals surface area (Å²) in [6, 6.07) is 15.5. The van der Waals surface area contributed by atoms with Gasteiger partial charge in [0.2, 0.25) is 5.91 Å². The lowest BCUT2D eigenvalue weighted by Crippen LogP contribution is -2.46. The van der Waals surface area contributed by atoms with Crippen molar-refractivity contribution in [2.45, 2.75) is 37.4 Å². The Balaban J connectivity index is 1.27. The van der Waals surface area contributed by atoms with Crippen LogP contribution in [0.15, 0.2) is 51.7 Å². The third-order valence-corrected chi connectivity index (χ3v) is 6.18. The maximum absolute atomic E-state index is 12.4. The van der Waals surface area contributed by atoms with Gasteiger partial charge < -0.3 is 15.1 Å². The Morgan fingerprint density at radius 1 is 1.27 bits per heavy atom. The van der Waals surface area contributed by atoms with Gasteiger partial charge in [0.1, 0.15) is 6.04 Å². The standard InChI is InChI=1S/C23H22N4O3/c1-27-20-11-15(6-7-21(20)30-23(27)29)14-4-2-13(3-5-14)8-17(12-24)25-22(28)19-10-16-9-18(16)26-19/h2-7,11,16-19,26H,8-10H2,1H3,(H,25,28). The van der Waals surface area contributed by atoms with Crippen LogP contribution in [0.3, 0.4) is 0 Å². The van der Waals surface area contributed by atoms with E-state index in [1.807, 2.05) is 36.4 Å². The van der Waals surface area contributed by atoms with Crippen molar-refractivity contribution in [1.29, 1.82) is 5.26 Å². The largest absolute Gasteiger partial charge is 0.419 e. The molecule has 2 fully saturated rings. The van der Waals surface area contributed by atoms with Crippen LogP contribution in [0.1, 0.15) is 18.4 Å². The SMILES string of the molecule is Cn1c(=O)oc2ccc(-c3ccc(CC(C#N)NC(=O)C4CC5CC5N4)cc3)cc21. The summed E-state index contributed by atoms with van der Waals surface area (Å²) in [5.41, 5.74) is 4.25. The number of amides is 1. The summed E-state index contributed by atoms with van der Waals surface area (Å²) in [7, 11) is 1.68. The summed E-state index contributed by atoms with van der Waals surface area (Å²) >= 11 is 0. The molecule has 5 rings (SSSR count). The number of nitriles is 1. The quantitative estimate of drug-likeness (QED) is 0.681. The Morgan fingerprint density at radius 3 is 2.73 bits per heavy atom. The van der Waals surface area contributed by atoms with Gasteiger partial charge in [0.05, 0.1) is 17.6 Å². The van der Waals surface area contributed by atoms with Crippen molar-refractivity contribution in [1.82, 2.24) is 15.2 Å². The second kappa shape index (κ2) is 7.15. The van der Waals surface area contributed by atoms with Crippen molar-refractivity contribution in [3.05, 3.63) is 58.6 Å². The molecule has 0 radical (unpaired) electrons. The first-order valence-electron chi connectivity index (χ1n) is 10.2. The van der Waals surface area contributed by atoms with Crippen LogP contribution in [-0.4, -0.2) is 28.6 Å². The average Bonchev–Trinajstić information content (AvgIpc) is 3.26. The molecule has 1 amide bonds. The number of aromatic nitrogens is 1. The first-order valence-corrected chi connectivity index (χ1v) is 10.2. The number of hydrogen-bond donors (Lipinski definition) is 2. The fourth-order valence-electron chi connectivity index (χ4n) is 4.30. The molecule has 1 aliphatic heterocycles. The molecule has 2 aliphatic rings. The predicted molar refractivity (Wildman–Crippen MR) is 112 cm³/mol. The fourth-order valence-corrected chi connectivity index (χ4v) is 4.30. The van der Waals surface area contributed by atoms with Gasteiger partial charge in [-0.3, -0.25) is 9.36 Å². The van der Waals surface area contributed by atoms with Gasteiger partial charge in [-0.15, -0.1) is 0 Å². The first kappa shape index (κ1) is 18.6. The number of benzene rings is 2. The molecule has 0 bridgehead atoms. The monoisotopic (exact) mass is 402 g/mol. The van der Waals surface area contributed by atoms with Crippen LogP contribution >= 0.6 is 0 Å². The molecule has 1 saturated heterocycles. The Hall–Kier alpha value is -3.37. The molecule has 7 heteroatoms. The highest BCUT2D eigenvalue weighted by atomic mass is 16.4. The van der Waals surface area contributed by atoms with E-state index >= 15 is 0 Å². The number of carbonyl (C=O) groups excluding carboxylic acids is 1. The van der Waals surface area contributed by atoms with Gasteiger partial charge >= 0.3 is 5.76 Å². The van der Waals surface area contributed by atoms with Gasteiger partial charge in [-0.1, -0.05) is 30.3 Å². The molecule has 2 heterocycles. The topological polar surface area (TPSA) is 100 Å². The van der Waals surface area contributed by atoms with E-state index in [-0.39, 0.29) is 17.7 Å². The summed E-state index contributed by atoms with van der Waals surface area (Å²) in [6.07, 6.45) is 2.50. The minimum atomic E-state index is -0.557. The van der Waals surface area contributed by atoms with Crippen molar-refractivity contribution < 1.29 is 9.21 Å². The average molecular weight is 402 g/mol. The number of rotatable bonds is 5. The predicted octanol–water partition coefficient (Wildman–Crippen LogP) is 2.10. The van der Waals surface area contributed by atoms with Crippen LogP contribution in [-0.2, 0) is 18.3 Å². The molecule has 3 aromatic rings. The molecule has 1 aliphatic carbocycles. The van der Waals surface area contributed by atoms with E-state index < -0.39 is 6.04 Å². The highest BCUT2D eigenvalue weighted by Gasteiger charge is 2.47. The van der Waals surface area contributed by atoms with Gasteiger partial charge in [0, 0.05) is 19.5 Å². The fraction of sp³-hybridized carbons (Fsp3) is 0.348.